The lowest BCUT2D eigenvalue weighted by atomic mass is 10.2. The molecule has 0 saturated carbocycles. The molecule has 4 heteroatoms. The number of nitrogens with zero attached hydrogens (tertiary/aromatic N) is 1. The van der Waals surface area contributed by atoms with E-state index >= 15 is 0 Å². The van der Waals surface area contributed by atoms with Gasteiger partial charge in [0.15, 0.2) is 0 Å². The van der Waals surface area contributed by atoms with Crippen molar-refractivity contribution < 1.29 is 4.74 Å². The van der Waals surface area contributed by atoms with Crippen LogP contribution in [0, 0.1) is 0 Å². The fraction of sp³-hybridized carbons (Fsp3) is 0.375. The number of aromatic nitrogens is 1. The van der Waals surface area contributed by atoms with E-state index in [-0.39, 0.29) is 12.4 Å². The minimum absolute atomic E-state index is 0. The average Bonchev–Trinajstić information content (AvgIpc) is 2.07. The van der Waals surface area contributed by atoms with Gasteiger partial charge >= 0.3 is 0 Å². The zero-order valence-corrected chi connectivity index (χ0v) is 7.80. The van der Waals surface area contributed by atoms with Crippen molar-refractivity contribution in [1.82, 2.24) is 4.98 Å². The molecule has 0 bridgehead atoms. The lowest BCUT2D eigenvalue weighted by Crippen LogP contribution is -2.02. The molecule has 0 atom stereocenters. The highest BCUT2D eigenvalue weighted by Gasteiger charge is 1.92. The van der Waals surface area contributed by atoms with E-state index in [1.54, 1.807) is 13.3 Å². The van der Waals surface area contributed by atoms with Crippen LogP contribution in [0.1, 0.15) is 5.56 Å². The van der Waals surface area contributed by atoms with E-state index < -0.39 is 0 Å². The molecule has 0 spiro atoms. The fourth-order valence-corrected chi connectivity index (χ4v) is 0.846. The highest BCUT2D eigenvalue weighted by atomic mass is 35.5. The number of hydrogen-bond donors (Lipinski definition) is 1. The van der Waals surface area contributed by atoms with Crippen molar-refractivity contribution in [3.63, 3.8) is 0 Å². The summed E-state index contributed by atoms with van der Waals surface area (Å²) in [5.74, 6) is 0.644. The number of hydrogen-bond acceptors (Lipinski definition) is 3. The van der Waals surface area contributed by atoms with Crippen molar-refractivity contribution in [2.45, 2.75) is 6.42 Å². The molecule has 1 rings (SSSR count). The molecule has 1 heterocycles. The molecule has 0 unspecified atom stereocenters. The molecule has 1 aromatic rings. The number of ether oxygens (including phenoxy) is 1. The van der Waals surface area contributed by atoms with Crippen LogP contribution in [0.2, 0.25) is 0 Å². The molecule has 3 nitrogen and oxygen atoms in total. The smallest absolute Gasteiger partial charge is 0.212 e. The number of pyridine rings is 1. The largest absolute Gasteiger partial charge is 0.481 e. The monoisotopic (exact) mass is 188 g/mol. The molecule has 0 aliphatic carbocycles. The Labute approximate surface area is 78.4 Å². The van der Waals surface area contributed by atoms with Gasteiger partial charge in [-0.3, -0.25) is 0 Å². The van der Waals surface area contributed by atoms with Gasteiger partial charge in [-0.05, 0) is 18.5 Å². The Bertz CT molecular complexity index is 213. The summed E-state index contributed by atoms with van der Waals surface area (Å²) < 4.78 is 4.90. The van der Waals surface area contributed by atoms with Gasteiger partial charge in [-0.25, -0.2) is 4.98 Å². The Balaban J connectivity index is 0.00000121. The normalized spacial score (nSPS) is 8.83. The first kappa shape index (κ1) is 11.2. The third kappa shape index (κ3) is 3.07. The number of methoxy groups -OCH3 is 1. The van der Waals surface area contributed by atoms with Gasteiger partial charge in [0.1, 0.15) is 0 Å². The van der Waals surface area contributed by atoms with Gasteiger partial charge in [0.2, 0.25) is 5.88 Å². The minimum atomic E-state index is 0. The molecule has 12 heavy (non-hydrogen) atoms. The van der Waals surface area contributed by atoms with Crippen molar-refractivity contribution >= 4 is 12.4 Å². The van der Waals surface area contributed by atoms with Crippen molar-refractivity contribution in [3.05, 3.63) is 23.9 Å². The highest BCUT2D eigenvalue weighted by molar-refractivity contribution is 5.85. The van der Waals surface area contributed by atoms with E-state index in [2.05, 4.69) is 4.98 Å². The first-order valence-electron chi connectivity index (χ1n) is 3.56. The van der Waals surface area contributed by atoms with Crippen LogP contribution in [-0.2, 0) is 6.42 Å². The minimum Gasteiger partial charge on any atom is -0.481 e. The van der Waals surface area contributed by atoms with Gasteiger partial charge < -0.3 is 10.5 Å². The zero-order chi connectivity index (χ0) is 8.10. The van der Waals surface area contributed by atoms with E-state index in [0.717, 1.165) is 12.0 Å². The Hall–Kier alpha value is -0.800. The van der Waals surface area contributed by atoms with Gasteiger partial charge in [0.25, 0.3) is 0 Å². The predicted molar refractivity (Wildman–Crippen MR) is 50.8 cm³/mol. The third-order valence-corrected chi connectivity index (χ3v) is 1.44. The third-order valence-electron chi connectivity index (χ3n) is 1.44. The van der Waals surface area contributed by atoms with Crippen molar-refractivity contribution in [1.29, 1.82) is 0 Å². The molecule has 0 amide bonds. The van der Waals surface area contributed by atoms with Gasteiger partial charge in [-0.2, -0.15) is 0 Å². The van der Waals surface area contributed by atoms with Crippen LogP contribution in [-0.4, -0.2) is 18.6 Å². The Morgan fingerprint density at radius 3 is 2.67 bits per heavy atom. The molecule has 0 aromatic carbocycles. The quantitative estimate of drug-likeness (QED) is 0.771. The van der Waals surface area contributed by atoms with Gasteiger partial charge in [0, 0.05) is 12.3 Å². The van der Waals surface area contributed by atoms with Gasteiger partial charge in [-0.1, -0.05) is 6.07 Å². The van der Waals surface area contributed by atoms with Crippen molar-refractivity contribution in [2.24, 2.45) is 5.73 Å². The SMILES string of the molecule is COc1ccc(CCN)cn1.Cl. The highest BCUT2D eigenvalue weighted by Crippen LogP contribution is 2.06. The maximum atomic E-state index is 5.37. The molecule has 0 radical (unpaired) electrons. The van der Waals surface area contributed by atoms with Crippen LogP contribution < -0.4 is 10.5 Å². The van der Waals surface area contributed by atoms with Crippen LogP contribution in [0.3, 0.4) is 0 Å². The number of nitrogens with two attached hydrogens (primary N) is 1. The maximum absolute atomic E-state index is 5.37. The first-order chi connectivity index (χ1) is 5.36. The van der Waals surface area contributed by atoms with E-state index in [1.165, 1.54) is 0 Å². The summed E-state index contributed by atoms with van der Waals surface area (Å²) in [5.41, 5.74) is 6.52. The van der Waals surface area contributed by atoms with E-state index in [9.17, 15) is 0 Å². The molecule has 0 saturated heterocycles. The molecule has 0 aliphatic rings. The average molecular weight is 189 g/mol. The molecule has 2 N–H and O–H groups in total. The lowest BCUT2D eigenvalue weighted by Gasteiger charge is -1.99. The summed E-state index contributed by atoms with van der Waals surface area (Å²) >= 11 is 0. The van der Waals surface area contributed by atoms with Crippen LogP contribution in [0.5, 0.6) is 5.88 Å². The van der Waals surface area contributed by atoms with E-state index in [0.29, 0.717) is 12.4 Å². The molecule has 0 aliphatic heterocycles. The second-order valence-electron chi connectivity index (χ2n) is 2.25. The summed E-state index contributed by atoms with van der Waals surface area (Å²) in [6, 6.07) is 3.81. The molecular weight excluding hydrogens is 176 g/mol. The lowest BCUT2D eigenvalue weighted by molar-refractivity contribution is 0.397. The summed E-state index contributed by atoms with van der Waals surface area (Å²) in [5, 5.41) is 0. The summed E-state index contributed by atoms with van der Waals surface area (Å²) in [4.78, 5) is 4.04. The molecule has 0 fully saturated rings. The topological polar surface area (TPSA) is 48.1 Å². The Kier molecular flexibility index (Phi) is 5.41. The van der Waals surface area contributed by atoms with Crippen LogP contribution in [0.25, 0.3) is 0 Å². The number of rotatable bonds is 3. The van der Waals surface area contributed by atoms with Gasteiger partial charge in [-0.15, -0.1) is 12.4 Å². The van der Waals surface area contributed by atoms with E-state index in [4.69, 9.17) is 10.5 Å². The zero-order valence-electron chi connectivity index (χ0n) is 6.99. The number of halogens is 1. The second-order valence-corrected chi connectivity index (χ2v) is 2.25. The summed E-state index contributed by atoms with van der Waals surface area (Å²) in [6.07, 6.45) is 2.66. The maximum Gasteiger partial charge on any atom is 0.212 e. The van der Waals surface area contributed by atoms with Gasteiger partial charge in [0.05, 0.1) is 7.11 Å². The molecular formula is C8H13ClN2O. The van der Waals surface area contributed by atoms with Crippen LogP contribution in [0.15, 0.2) is 18.3 Å². The Morgan fingerprint density at radius 2 is 2.25 bits per heavy atom. The summed E-state index contributed by atoms with van der Waals surface area (Å²) in [6.45, 7) is 0.661. The summed E-state index contributed by atoms with van der Waals surface area (Å²) in [7, 11) is 1.60. The molecule has 1 aromatic heterocycles. The fourth-order valence-electron chi connectivity index (χ4n) is 0.846. The van der Waals surface area contributed by atoms with E-state index in [1.807, 2.05) is 12.1 Å². The Morgan fingerprint density at radius 1 is 1.50 bits per heavy atom. The second kappa shape index (κ2) is 5.80. The predicted octanol–water partition coefficient (Wildman–Crippen LogP) is 1.01. The van der Waals surface area contributed by atoms with Crippen molar-refractivity contribution in [3.8, 4) is 5.88 Å². The van der Waals surface area contributed by atoms with Crippen LogP contribution in [0.4, 0.5) is 0 Å². The van der Waals surface area contributed by atoms with Crippen molar-refractivity contribution in [2.75, 3.05) is 13.7 Å². The first-order valence-corrected chi connectivity index (χ1v) is 3.56. The van der Waals surface area contributed by atoms with Crippen LogP contribution >= 0.6 is 12.4 Å². The standard InChI is InChI=1S/C8H12N2O.ClH/c1-11-8-3-2-7(4-5-9)6-10-8;/h2-3,6H,4-5,9H2,1H3;1H. The molecule has 68 valence electrons.